The highest BCUT2D eigenvalue weighted by Crippen LogP contribution is 2.44. The van der Waals surface area contributed by atoms with Crippen molar-refractivity contribution in [1.29, 1.82) is 0 Å². The van der Waals surface area contributed by atoms with Gasteiger partial charge in [0.1, 0.15) is 12.1 Å². The molecule has 194 valence electrons. The van der Waals surface area contributed by atoms with Crippen LogP contribution in [0.5, 0.6) is 0 Å². The van der Waals surface area contributed by atoms with Gasteiger partial charge in [-0.05, 0) is 35.1 Å². The molecule has 2 aliphatic rings. The van der Waals surface area contributed by atoms with Crippen molar-refractivity contribution in [2.45, 2.75) is 101 Å². The molecule has 1 fully saturated rings. The molecule has 0 radical (unpaired) electrons. The first-order valence-corrected chi connectivity index (χ1v) is 13.9. The molecule has 4 rings (SSSR count). The number of halogens is 1. The molecule has 2 aromatic rings. The third-order valence-electron chi connectivity index (χ3n) is 8.02. The topological polar surface area (TPSA) is 55.4 Å². The zero-order valence-electron chi connectivity index (χ0n) is 21.4. The fourth-order valence-corrected chi connectivity index (χ4v) is 5.95. The molecule has 0 heterocycles. The van der Waals surface area contributed by atoms with Crippen LogP contribution < -0.4 is 5.32 Å². The van der Waals surface area contributed by atoms with E-state index in [4.69, 9.17) is 4.74 Å². The number of ether oxygens (including phenoxy) is 1. The Morgan fingerprint density at radius 3 is 1.58 bits per heavy atom. The Balaban J connectivity index is 1.41. The molecule has 2 aliphatic carbocycles. The quantitative estimate of drug-likeness (QED) is 0.436. The van der Waals surface area contributed by atoms with Crippen LogP contribution in [-0.4, -0.2) is 24.3 Å². The van der Waals surface area contributed by atoms with Crippen molar-refractivity contribution in [3.63, 3.8) is 0 Å². The number of alkyl carbamates (subject to hydrolysis) is 1. The first kappa shape index (κ1) is 26.4. The van der Waals surface area contributed by atoms with Gasteiger partial charge in [-0.25, -0.2) is 4.79 Å². The molecule has 0 aliphatic heterocycles. The Morgan fingerprint density at radius 1 is 0.722 bits per heavy atom. The summed E-state index contributed by atoms with van der Waals surface area (Å²) in [6.45, 7) is 0.149. The highest BCUT2D eigenvalue weighted by Gasteiger charge is 2.40. The molecule has 0 spiro atoms. The van der Waals surface area contributed by atoms with Crippen molar-refractivity contribution in [1.82, 2.24) is 5.32 Å². The van der Waals surface area contributed by atoms with E-state index in [1.165, 1.54) is 38.5 Å². The minimum absolute atomic E-state index is 0.0758. The van der Waals surface area contributed by atoms with E-state index < -0.39 is 17.7 Å². The van der Waals surface area contributed by atoms with Crippen LogP contribution in [0, 0.1) is 0 Å². The monoisotopic (exact) mass is 493 g/mol. The van der Waals surface area contributed by atoms with Gasteiger partial charge >= 0.3 is 12.1 Å². The Kier molecular flexibility index (Phi) is 9.54. The lowest BCUT2D eigenvalue weighted by Crippen LogP contribution is -2.53. The summed E-state index contributed by atoms with van der Waals surface area (Å²) in [5, 5.41) is 2.71. The van der Waals surface area contributed by atoms with E-state index in [0.29, 0.717) is 12.8 Å². The van der Waals surface area contributed by atoms with Crippen LogP contribution in [0.2, 0.25) is 0 Å². The molecular weight excluding hydrogens is 453 g/mol. The normalized spacial score (nSPS) is 19.2. The first-order chi connectivity index (χ1) is 17.6. The molecule has 1 N–H and O–H groups in total. The fourth-order valence-electron chi connectivity index (χ4n) is 5.95. The van der Waals surface area contributed by atoms with Crippen LogP contribution in [0.4, 0.5) is 9.18 Å². The van der Waals surface area contributed by atoms with E-state index in [2.05, 4.69) is 29.6 Å². The van der Waals surface area contributed by atoms with E-state index in [-0.39, 0.29) is 12.5 Å². The van der Waals surface area contributed by atoms with Gasteiger partial charge in [0.15, 0.2) is 0 Å². The molecule has 0 atom stereocenters. The van der Waals surface area contributed by atoms with Crippen LogP contribution in [-0.2, 0) is 9.53 Å². The lowest BCUT2D eigenvalue weighted by molar-refractivity contribution is -0.137. The Morgan fingerprint density at radius 2 is 1.14 bits per heavy atom. The third kappa shape index (κ3) is 6.54. The summed E-state index contributed by atoms with van der Waals surface area (Å²) in [5.74, 6) is -0.0758. The van der Waals surface area contributed by atoms with E-state index >= 15 is 0 Å². The summed E-state index contributed by atoms with van der Waals surface area (Å²) < 4.78 is 20.2. The summed E-state index contributed by atoms with van der Waals surface area (Å²) in [6.07, 6.45) is 12.9. The van der Waals surface area contributed by atoms with Gasteiger partial charge < -0.3 is 10.1 Å². The average Bonchev–Trinajstić information content (AvgIpc) is 3.20. The molecule has 0 saturated heterocycles. The molecule has 0 unspecified atom stereocenters. The van der Waals surface area contributed by atoms with E-state index in [9.17, 15) is 14.0 Å². The van der Waals surface area contributed by atoms with Crippen molar-refractivity contribution in [2.24, 2.45) is 0 Å². The van der Waals surface area contributed by atoms with E-state index in [1.54, 1.807) is 0 Å². The molecule has 2 aromatic carbocycles. The maximum Gasteiger partial charge on any atom is 0.408 e. The standard InChI is InChI=1S/C31H40FNO3/c32-29(34)31(21-15-9-7-5-3-1-2-4-6-8-10-16-22-31)33-30(35)36-23-28-26-19-13-11-17-24(26)25-18-12-14-20-27(25)28/h11-14,17-20,28H,1-10,15-16,21-23H2,(H,33,35). The van der Waals surface area contributed by atoms with Gasteiger partial charge in [0.25, 0.3) is 0 Å². The maximum absolute atomic E-state index is 14.6. The van der Waals surface area contributed by atoms with Crippen molar-refractivity contribution < 1.29 is 18.7 Å². The number of hydrogen-bond donors (Lipinski definition) is 1. The van der Waals surface area contributed by atoms with Crippen molar-refractivity contribution in [2.75, 3.05) is 6.61 Å². The van der Waals surface area contributed by atoms with Crippen molar-refractivity contribution >= 4 is 12.1 Å². The predicted octanol–water partition coefficient (Wildman–Crippen LogP) is 8.24. The second-order valence-electron chi connectivity index (χ2n) is 10.5. The summed E-state index contributed by atoms with van der Waals surface area (Å²) in [4.78, 5) is 25.3. The van der Waals surface area contributed by atoms with Crippen LogP contribution in [0.1, 0.15) is 107 Å². The van der Waals surface area contributed by atoms with Crippen LogP contribution in [0.25, 0.3) is 11.1 Å². The lowest BCUT2D eigenvalue weighted by Gasteiger charge is -2.30. The summed E-state index contributed by atoms with van der Waals surface area (Å²) >= 11 is 0. The van der Waals surface area contributed by atoms with E-state index in [0.717, 1.165) is 60.8 Å². The number of rotatable bonds is 4. The lowest BCUT2D eigenvalue weighted by atomic mass is 9.86. The number of amides is 1. The number of fused-ring (bicyclic) bond motifs is 3. The fraction of sp³-hybridized carbons (Fsp3) is 0.548. The molecule has 0 bridgehead atoms. The average molecular weight is 494 g/mol. The number of nitrogens with one attached hydrogen (secondary N) is 1. The predicted molar refractivity (Wildman–Crippen MR) is 142 cm³/mol. The van der Waals surface area contributed by atoms with Crippen LogP contribution >= 0.6 is 0 Å². The zero-order valence-corrected chi connectivity index (χ0v) is 21.4. The van der Waals surface area contributed by atoms with Crippen molar-refractivity contribution in [3.8, 4) is 11.1 Å². The molecule has 5 heteroatoms. The van der Waals surface area contributed by atoms with Gasteiger partial charge in [-0.15, -0.1) is 0 Å². The Labute approximate surface area is 215 Å². The molecular formula is C31H40FNO3. The molecule has 1 amide bonds. The van der Waals surface area contributed by atoms with Gasteiger partial charge in [0, 0.05) is 5.92 Å². The van der Waals surface area contributed by atoms with E-state index in [1.807, 2.05) is 24.3 Å². The van der Waals surface area contributed by atoms with Crippen molar-refractivity contribution in [3.05, 3.63) is 59.7 Å². The van der Waals surface area contributed by atoms with Crippen LogP contribution in [0.3, 0.4) is 0 Å². The molecule has 1 saturated carbocycles. The number of hydrogen-bond acceptors (Lipinski definition) is 3. The largest absolute Gasteiger partial charge is 0.449 e. The SMILES string of the molecule is O=C(NC1(C(=O)F)CCCCCCCCCCCCCC1)OCC1c2ccccc2-c2ccccc21. The zero-order chi connectivity index (χ0) is 25.2. The second kappa shape index (κ2) is 13.0. The number of benzene rings is 2. The minimum Gasteiger partial charge on any atom is -0.449 e. The Bertz CT molecular complexity index is 959. The van der Waals surface area contributed by atoms with Gasteiger partial charge in [-0.1, -0.05) is 126 Å². The minimum atomic E-state index is -1.48. The molecule has 0 aromatic heterocycles. The second-order valence-corrected chi connectivity index (χ2v) is 10.5. The maximum atomic E-state index is 14.6. The molecule has 36 heavy (non-hydrogen) atoms. The highest BCUT2D eigenvalue weighted by atomic mass is 19.1. The smallest absolute Gasteiger partial charge is 0.408 e. The summed E-state index contributed by atoms with van der Waals surface area (Å²) in [7, 11) is 0. The third-order valence-corrected chi connectivity index (χ3v) is 8.02. The highest BCUT2D eigenvalue weighted by molar-refractivity contribution is 5.85. The van der Waals surface area contributed by atoms with Gasteiger partial charge in [-0.3, -0.25) is 4.79 Å². The Hall–Kier alpha value is -2.69. The van der Waals surface area contributed by atoms with Gasteiger partial charge in [0.2, 0.25) is 0 Å². The summed E-state index contributed by atoms with van der Waals surface area (Å²) in [5.41, 5.74) is 3.06. The molecule has 4 nitrogen and oxygen atoms in total. The number of carbonyl (C=O) groups excluding carboxylic acids is 2. The summed E-state index contributed by atoms with van der Waals surface area (Å²) in [6, 6.07) is 14.9. The van der Waals surface area contributed by atoms with Gasteiger partial charge in [-0.2, -0.15) is 4.39 Å². The van der Waals surface area contributed by atoms with Gasteiger partial charge in [0.05, 0.1) is 0 Å². The first-order valence-electron chi connectivity index (χ1n) is 13.9. The van der Waals surface area contributed by atoms with Crippen LogP contribution in [0.15, 0.2) is 48.5 Å². The number of carbonyl (C=O) groups is 2.